The summed E-state index contributed by atoms with van der Waals surface area (Å²) in [6, 6.07) is -1.46. The zero-order chi connectivity index (χ0) is 40.1. The Balaban J connectivity index is 4.67. The predicted octanol–water partition coefficient (Wildman–Crippen LogP) is 10.5. The minimum atomic E-state index is -2.13. The van der Waals surface area contributed by atoms with Crippen LogP contribution in [-0.2, 0) is 33.4 Å². The molecule has 54 heavy (non-hydrogen) atoms. The van der Waals surface area contributed by atoms with E-state index in [-0.39, 0.29) is 18.6 Å². The molecule has 0 heterocycles. The molecule has 11 heteroatoms. The molecule has 0 saturated heterocycles. The van der Waals surface area contributed by atoms with Crippen molar-refractivity contribution in [3.8, 4) is 0 Å². The molecule has 3 N–H and O–H groups in total. The van der Waals surface area contributed by atoms with Gasteiger partial charge in [0, 0.05) is 18.6 Å². The smallest absolute Gasteiger partial charge is 0.349 e. The number of ether oxygens (including phenoxy) is 2. The molecule has 0 radical (unpaired) electrons. The van der Waals surface area contributed by atoms with Gasteiger partial charge in [0.25, 0.3) is 5.91 Å². The first-order valence-electron chi connectivity index (χ1n) is 21.2. The molecule has 0 aliphatic heterocycles. The molecule has 0 spiro atoms. The summed E-state index contributed by atoms with van der Waals surface area (Å²) in [7, 11) is 0. The van der Waals surface area contributed by atoms with Gasteiger partial charge >= 0.3 is 23.9 Å². The summed E-state index contributed by atoms with van der Waals surface area (Å²) in [6.07, 6.45) is 32.9. The average molecular weight is 782 g/mol. The van der Waals surface area contributed by atoms with Gasteiger partial charge in [-0.15, -0.1) is 0 Å². The zero-order valence-electron chi connectivity index (χ0n) is 33.7. The Hall–Kier alpha value is -2.82. The number of aliphatic carboxylic acids is 2. The summed E-state index contributed by atoms with van der Waals surface area (Å²) in [6.45, 7) is 4.45. The maximum atomic E-state index is 13.0. The summed E-state index contributed by atoms with van der Waals surface area (Å²) in [5.74, 6) is -6.22. The van der Waals surface area contributed by atoms with Crippen LogP contribution in [0.4, 0.5) is 0 Å². The van der Waals surface area contributed by atoms with Crippen molar-refractivity contribution in [2.75, 3.05) is 5.75 Å². The fraction of sp³-hybridized carbons (Fsp3) is 0.791. The van der Waals surface area contributed by atoms with Crippen molar-refractivity contribution in [3.63, 3.8) is 0 Å². The van der Waals surface area contributed by atoms with Crippen LogP contribution in [0.5, 0.6) is 0 Å². The van der Waals surface area contributed by atoms with Gasteiger partial charge in [-0.25, -0.2) is 9.59 Å². The van der Waals surface area contributed by atoms with Crippen LogP contribution in [0.2, 0.25) is 0 Å². The molecule has 0 saturated carbocycles. The van der Waals surface area contributed by atoms with E-state index in [2.05, 4.69) is 56.1 Å². The Morgan fingerprint density at radius 1 is 0.500 bits per heavy atom. The van der Waals surface area contributed by atoms with Crippen molar-refractivity contribution in [1.29, 1.82) is 0 Å². The summed E-state index contributed by atoms with van der Waals surface area (Å²) in [4.78, 5) is 62.1. The lowest BCUT2D eigenvalue weighted by molar-refractivity contribution is -0.182. The van der Waals surface area contributed by atoms with E-state index in [1.54, 1.807) is 0 Å². The number of allylic oxidation sites excluding steroid dienone is 4. The number of rotatable bonds is 38. The molecule has 3 atom stereocenters. The Labute approximate surface area is 332 Å². The van der Waals surface area contributed by atoms with E-state index < -0.39 is 48.0 Å². The highest BCUT2D eigenvalue weighted by atomic mass is 32.1. The van der Waals surface area contributed by atoms with E-state index >= 15 is 0 Å². The van der Waals surface area contributed by atoms with Crippen molar-refractivity contribution in [1.82, 2.24) is 5.32 Å². The van der Waals surface area contributed by atoms with Crippen LogP contribution >= 0.6 is 12.6 Å². The molecule has 0 bridgehead atoms. The molecular weight excluding hydrogens is 707 g/mol. The molecule has 0 rings (SSSR count). The molecule has 0 unspecified atom stereocenters. The molecule has 0 aliphatic carbocycles. The number of carboxylic acids is 2. The SMILES string of the molecule is CCCCCCCCC=CCCCCCCCC(=O)O[C@@H](C(=O)O)[C@@H](OC(=O)CCCCCCCC=CCCCCCCCC)C(=O)N[C@@H](CS)C(=O)O. The van der Waals surface area contributed by atoms with Crippen LogP contribution in [0, 0.1) is 0 Å². The van der Waals surface area contributed by atoms with Gasteiger partial charge in [-0.05, 0) is 64.2 Å². The number of nitrogens with one attached hydrogen (secondary N) is 1. The number of carboxylic acid groups (broad SMARTS) is 2. The lowest BCUT2D eigenvalue weighted by Gasteiger charge is -2.24. The summed E-state index contributed by atoms with van der Waals surface area (Å²) >= 11 is 3.93. The number of esters is 2. The van der Waals surface area contributed by atoms with E-state index in [1.165, 1.54) is 77.0 Å². The van der Waals surface area contributed by atoms with E-state index in [0.29, 0.717) is 12.8 Å². The third-order valence-electron chi connectivity index (χ3n) is 9.38. The molecule has 0 aromatic carbocycles. The minimum absolute atomic E-state index is 0.0620. The summed E-state index contributed by atoms with van der Waals surface area (Å²) in [5.41, 5.74) is 0. The molecule has 0 aromatic rings. The Morgan fingerprint density at radius 3 is 1.17 bits per heavy atom. The first-order valence-corrected chi connectivity index (χ1v) is 21.9. The van der Waals surface area contributed by atoms with E-state index in [4.69, 9.17) is 9.47 Å². The largest absolute Gasteiger partial charge is 0.480 e. The Bertz CT molecular complexity index is 1050. The molecule has 0 fully saturated rings. The van der Waals surface area contributed by atoms with Crippen molar-refractivity contribution in [2.24, 2.45) is 0 Å². The Morgan fingerprint density at radius 2 is 0.833 bits per heavy atom. The number of carbonyl (C=O) groups is 5. The second-order valence-electron chi connectivity index (χ2n) is 14.4. The summed E-state index contributed by atoms with van der Waals surface area (Å²) < 4.78 is 10.4. The lowest BCUT2D eigenvalue weighted by Crippen LogP contribution is -2.54. The van der Waals surface area contributed by atoms with Gasteiger partial charge < -0.3 is 25.0 Å². The molecular formula is C43H75NO9S. The highest BCUT2D eigenvalue weighted by Crippen LogP contribution is 2.15. The average Bonchev–Trinajstić information content (AvgIpc) is 3.14. The van der Waals surface area contributed by atoms with Gasteiger partial charge in [0.05, 0.1) is 0 Å². The van der Waals surface area contributed by atoms with Crippen LogP contribution in [0.1, 0.15) is 194 Å². The number of thiol groups is 1. The fourth-order valence-electron chi connectivity index (χ4n) is 6.02. The van der Waals surface area contributed by atoms with Gasteiger partial charge in [-0.1, -0.05) is 141 Å². The van der Waals surface area contributed by atoms with Gasteiger partial charge in [-0.2, -0.15) is 12.6 Å². The van der Waals surface area contributed by atoms with Crippen LogP contribution in [0.25, 0.3) is 0 Å². The predicted molar refractivity (Wildman–Crippen MR) is 220 cm³/mol. The van der Waals surface area contributed by atoms with Crippen LogP contribution in [0.15, 0.2) is 24.3 Å². The zero-order valence-corrected chi connectivity index (χ0v) is 34.6. The van der Waals surface area contributed by atoms with Crippen molar-refractivity contribution >= 4 is 42.4 Å². The van der Waals surface area contributed by atoms with Crippen LogP contribution < -0.4 is 5.32 Å². The number of hydrogen-bond acceptors (Lipinski definition) is 8. The van der Waals surface area contributed by atoms with Crippen molar-refractivity contribution in [3.05, 3.63) is 24.3 Å². The maximum Gasteiger partial charge on any atom is 0.349 e. The molecule has 312 valence electrons. The quantitative estimate of drug-likeness (QED) is 0.0207. The second kappa shape index (κ2) is 37.1. The van der Waals surface area contributed by atoms with Crippen molar-refractivity contribution < 1.29 is 43.7 Å². The summed E-state index contributed by atoms with van der Waals surface area (Å²) in [5, 5.41) is 21.4. The molecule has 0 aromatic heterocycles. The number of carbonyl (C=O) groups excluding carboxylic acids is 3. The minimum Gasteiger partial charge on any atom is -0.480 e. The number of unbranched alkanes of at least 4 members (excludes halogenated alkanes) is 22. The lowest BCUT2D eigenvalue weighted by atomic mass is 10.1. The van der Waals surface area contributed by atoms with Crippen molar-refractivity contribution in [2.45, 2.75) is 212 Å². The molecule has 10 nitrogen and oxygen atoms in total. The third-order valence-corrected chi connectivity index (χ3v) is 9.74. The third kappa shape index (κ3) is 30.5. The van der Waals surface area contributed by atoms with Gasteiger partial charge in [0.1, 0.15) is 6.04 Å². The number of amides is 1. The monoisotopic (exact) mass is 782 g/mol. The standard InChI is InChI=1S/C43H75NO9S/c1-3-5-7-9-11-13-15-17-19-21-23-25-27-29-31-33-37(45)52-39(41(47)44-36(35-54)42(48)49)40(43(50)51)53-38(46)34-32-30-28-26-24-22-20-18-16-14-12-10-8-6-4-2/h17-20,36,39-40,54H,3-16,21-35H2,1-2H3,(H,44,47)(H,48,49)(H,50,51)/t36-,39+,40+/m0/s1. The first kappa shape index (κ1) is 51.2. The topological polar surface area (TPSA) is 156 Å². The number of hydrogen-bond donors (Lipinski definition) is 4. The van der Waals surface area contributed by atoms with E-state index in [0.717, 1.165) is 77.0 Å². The second-order valence-corrected chi connectivity index (χ2v) is 14.8. The van der Waals surface area contributed by atoms with Crippen LogP contribution in [0.3, 0.4) is 0 Å². The van der Waals surface area contributed by atoms with Crippen LogP contribution in [-0.4, -0.2) is 64.0 Å². The molecule has 0 aliphatic rings. The van der Waals surface area contributed by atoms with Gasteiger partial charge in [0.2, 0.25) is 12.2 Å². The first-order chi connectivity index (χ1) is 26.2. The highest BCUT2D eigenvalue weighted by molar-refractivity contribution is 7.80. The van der Waals surface area contributed by atoms with Gasteiger partial charge in [-0.3, -0.25) is 14.4 Å². The van der Waals surface area contributed by atoms with E-state index in [1.807, 2.05) is 0 Å². The molecule has 1 amide bonds. The van der Waals surface area contributed by atoms with E-state index in [9.17, 15) is 34.2 Å². The fourth-order valence-corrected chi connectivity index (χ4v) is 6.26. The maximum absolute atomic E-state index is 13.0. The normalized spacial score (nSPS) is 13.2. The Kier molecular flexibility index (Phi) is 35.2. The highest BCUT2D eigenvalue weighted by Gasteiger charge is 2.41. The van der Waals surface area contributed by atoms with Gasteiger partial charge in [0.15, 0.2) is 0 Å².